The van der Waals surface area contributed by atoms with Crippen LogP contribution in [0.1, 0.15) is 13.3 Å². The van der Waals surface area contributed by atoms with Crippen LogP contribution >= 0.6 is 0 Å². The SMILES string of the molecule is CCCN1C(=O)C2C3C=CC(O3)[C@H]2C1=O. The molecule has 0 aliphatic carbocycles. The van der Waals surface area contributed by atoms with Crippen molar-refractivity contribution in [2.24, 2.45) is 11.8 Å². The fourth-order valence-corrected chi connectivity index (χ4v) is 2.81. The molecule has 3 aliphatic heterocycles. The number of rotatable bonds is 2. The zero-order valence-electron chi connectivity index (χ0n) is 8.55. The molecule has 15 heavy (non-hydrogen) atoms. The Hall–Kier alpha value is -1.16. The van der Waals surface area contributed by atoms with Gasteiger partial charge in [-0.3, -0.25) is 14.5 Å². The molecule has 3 rings (SSSR count). The standard InChI is InChI=1S/C11H13NO3/c1-2-5-12-10(13)8-6-3-4-7(15-6)9(8)11(12)14/h3-4,6-9H,2,5H2,1H3/t6?,7?,8-,9?/m1/s1. The molecular formula is C11H13NO3. The van der Waals surface area contributed by atoms with E-state index >= 15 is 0 Å². The first-order valence-corrected chi connectivity index (χ1v) is 5.43. The van der Waals surface area contributed by atoms with Crippen LogP contribution in [0.5, 0.6) is 0 Å². The molecule has 4 heteroatoms. The van der Waals surface area contributed by atoms with Crippen molar-refractivity contribution in [2.45, 2.75) is 25.6 Å². The van der Waals surface area contributed by atoms with Gasteiger partial charge < -0.3 is 4.74 Å². The third kappa shape index (κ3) is 1.00. The van der Waals surface area contributed by atoms with Gasteiger partial charge in [-0.05, 0) is 6.42 Å². The molecule has 0 aromatic rings. The van der Waals surface area contributed by atoms with Gasteiger partial charge in [-0.15, -0.1) is 0 Å². The van der Waals surface area contributed by atoms with Crippen molar-refractivity contribution in [1.29, 1.82) is 0 Å². The molecule has 0 saturated carbocycles. The largest absolute Gasteiger partial charge is 0.365 e. The lowest BCUT2D eigenvalue weighted by Crippen LogP contribution is -2.34. The summed E-state index contributed by atoms with van der Waals surface area (Å²) >= 11 is 0. The minimum atomic E-state index is -0.237. The van der Waals surface area contributed by atoms with Gasteiger partial charge in [0.15, 0.2) is 0 Å². The molecule has 0 aromatic carbocycles. The fourth-order valence-electron chi connectivity index (χ4n) is 2.81. The second-order valence-corrected chi connectivity index (χ2v) is 4.33. The smallest absolute Gasteiger partial charge is 0.236 e. The number of nitrogens with zero attached hydrogens (tertiary/aromatic N) is 1. The number of fused-ring (bicyclic) bond motifs is 5. The number of ether oxygens (including phenoxy) is 1. The number of imide groups is 1. The van der Waals surface area contributed by atoms with Crippen LogP contribution in [0.25, 0.3) is 0 Å². The van der Waals surface area contributed by atoms with Crippen LogP contribution in [0, 0.1) is 11.8 Å². The Morgan fingerprint density at radius 1 is 1.20 bits per heavy atom. The zero-order chi connectivity index (χ0) is 10.6. The van der Waals surface area contributed by atoms with Gasteiger partial charge in [0.2, 0.25) is 11.8 Å². The van der Waals surface area contributed by atoms with Gasteiger partial charge in [0.1, 0.15) is 0 Å². The second-order valence-electron chi connectivity index (χ2n) is 4.33. The van der Waals surface area contributed by atoms with Crippen molar-refractivity contribution in [3.8, 4) is 0 Å². The maximum Gasteiger partial charge on any atom is 0.236 e. The third-order valence-corrected chi connectivity index (χ3v) is 3.45. The predicted molar refractivity (Wildman–Crippen MR) is 51.8 cm³/mol. The van der Waals surface area contributed by atoms with E-state index in [2.05, 4.69) is 0 Å². The van der Waals surface area contributed by atoms with Gasteiger partial charge in [-0.2, -0.15) is 0 Å². The van der Waals surface area contributed by atoms with E-state index in [1.54, 1.807) is 0 Å². The number of carbonyl (C=O) groups excluding carboxylic acids is 2. The highest BCUT2D eigenvalue weighted by molar-refractivity contribution is 6.06. The van der Waals surface area contributed by atoms with E-state index in [9.17, 15) is 9.59 Å². The molecule has 2 fully saturated rings. The maximum absolute atomic E-state index is 12.0. The molecule has 2 saturated heterocycles. The third-order valence-electron chi connectivity index (χ3n) is 3.45. The van der Waals surface area contributed by atoms with Crippen LogP contribution in [-0.2, 0) is 14.3 Å². The average molecular weight is 207 g/mol. The average Bonchev–Trinajstić information content (AvgIpc) is 2.87. The Morgan fingerprint density at radius 2 is 1.73 bits per heavy atom. The first kappa shape index (κ1) is 9.09. The van der Waals surface area contributed by atoms with Crippen LogP contribution < -0.4 is 0 Å². The van der Waals surface area contributed by atoms with Crippen molar-refractivity contribution in [3.63, 3.8) is 0 Å². The molecular weight excluding hydrogens is 194 g/mol. The monoisotopic (exact) mass is 207 g/mol. The van der Waals surface area contributed by atoms with E-state index in [0.717, 1.165) is 6.42 Å². The van der Waals surface area contributed by atoms with E-state index in [-0.39, 0.29) is 35.9 Å². The number of hydrogen-bond acceptors (Lipinski definition) is 3. The van der Waals surface area contributed by atoms with Crippen molar-refractivity contribution < 1.29 is 14.3 Å². The van der Waals surface area contributed by atoms with Crippen LogP contribution in [0.3, 0.4) is 0 Å². The Morgan fingerprint density at radius 3 is 2.20 bits per heavy atom. The van der Waals surface area contributed by atoms with Crippen molar-refractivity contribution in [3.05, 3.63) is 12.2 Å². The van der Waals surface area contributed by atoms with Crippen LogP contribution in [0.4, 0.5) is 0 Å². The Bertz CT molecular complexity index is 333. The topological polar surface area (TPSA) is 46.6 Å². The zero-order valence-corrected chi connectivity index (χ0v) is 8.55. The summed E-state index contributed by atoms with van der Waals surface area (Å²) in [7, 11) is 0. The normalized spacial score (nSPS) is 41.8. The summed E-state index contributed by atoms with van der Waals surface area (Å²) < 4.78 is 5.53. The van der Waals surface area contributed by atoms with E-state index in [1.807, 2.05) is 19.1 Å². The van der Waals surface area contributed by atoms with E-state index < -0.39 is 0 Å². The van der Waals surface area contributed by atoms with Crippen LogP contribution in [-0.4, -0.2) is 35.5 Å². The van der Waals surface area contributed by atoms with Crippen molar-refractivity contribution in [2.75, 3.05) is 6.54 Å². The molecule has 80 valence electrons. The Kier molecular flexibility index (Phi) is 1.77. The number of hydrogen-bond donors (Lipinski definition) is 0. The van der Waals surface area contributed by atoms with Crippen molar-refractivity contribution in [1.82, 2.24) is 4.90 Å². The lowest BCUT2D eigenvalue weighted by Gasteiger charge is -2.16. The maximum atomic E-state index is 12.0. The molecule has 0 aromatic heterocycles. The first-order chi connectivity index (χ1) is 7.24. The first-order valence-electron chi connectivity index (χ1n) is 5.43. The number of likely N-dealkylation sites (tertiary alicyclic amines) is 1. The van der Waals surface area contributed by atoms with Gasteiger partial charge in [0.25, 0.3) is 0 Å². The quantitative estimate of drug-likeness (QED) is 0.484. The van der Waals surface area contributed by atoms with Gasteiger partial charge in [0.05, 0.1) is 24.0 Å². The van der Waals surface area contributed by atoms with E-state index in [1.165, 1.54) is 4.90 Å². The summed E-state index contributed by atoms with van der Waals surface area (Å²) in [5, 5.41) is 0. The lowest BCUT2D eigenvalue weighted by molar-refractivity contribution is -0.142. The highest BCUT2D eigenvalue weighted by Crippen LogP contribution is 2.44. The summed E-state index contributed by atoms with van der Waals surface area (Å²) in [5.41, 5.74) is 0. The van der Waals surface area contributed by atoms with E-state index in [4.69, 9.17) is 4.74 Å². The molecule has 0 N–H and O–H groups in total. The fraction of sp³-hybridized carbons (Fsp3) is 0.636. The lowest BCUT2D eigenvalue weighted by atomic mass is 9.85. The number of amides is 2. The van der Waals surface area contributed by atoms with Crippen LogP contribution in [0.15, 0.2) is 12.2 Å². The molecule has 2 bridgehead atoms. The van der Waals surface area contributed by atoms with Gasteiger partial charge >= 0.3 is 0 Å². The molecule has 2 amide bonds. The van der Waals surface area contributed by atoms with Gasteiger partial charge in [0, 0.05) is 6.54 Å². The highest BCUT2D eigenvalue weighted by Gasteiger charge is 2.60. The van der Waals surface area contributed by atoms with E-state index in [0.29, 0.717) is 6.54 Å². The summed E-state index contributed by atoms with van der Waals surface area (Å²) in [4.78, 5) is 25.3. The second kappa shape index (κ2) is 2.92. The predicted octanol–water partition coefficient (Wildman–Crippen LogP) is 0.335. The molecule has 3 aliphatic rings. The van der Waals surface area contributed by atoms with Crippen molar-refractivity contribution >= 4 is 11.8 Å². The number of carbonyl (C=O) groups is 2. The minimum Gasteiger partial charge on any atom is -0.365 e. The molecule has 4 nitrogen and oxygen atoms in total. The summed E-state index contributed by atoms with van der Waals surface area (Å²) in [6.07, 6.45) is 4.33. The molecule has 3 unspecified atom stereocenters. The Labute approximate surface area is 87.9 Å². The molecule has 0 radical (unpaired) electrons. The molecule has 3 heterocycles. The summed E-state index contributed by atoms with van der Waals surface area (Å²) in [6, 6.07) is 0. The summed E-state index contributed by atoms with van der Waals surface area (Å²) in [6.45, 7) is 2.52. The van der Waals surface area contributed by atoms with Gasteiger partial charge in [-0.1, -0.05) is 19.1 Å². The summed E-state index contributed by atoms with van der Waals surface area (Å²) in [5.74, 6) is -0.550. The van der Waals surface area contributed by atoms with Crippen LogP contribution in [0.2, 0.25) is 0 Å². The molecule has 0 spiro atoms. The minimum absolute atomic E-state index is 0.0382. The molecule has 4 atom stereocenters. The highest BCUT2D eigenvalue weighted by atomic mass is 16.5. The van der Waals surface area contributed by atoms with Gasteiger partial charge in [-0.25, -0.2) is 0 Å². The Balaban J connectivity index is 1.93.